The van der Waals surface area contributed by atoms with E-state index in [1.807, 2.05) is 54.2 Å². The van der Waals surface area contributed by atoms with Gasteiger partial charge in [0.1, 0.15) is 5.37 Å². The molecule has 2 heterocycles. The summed E-state index contributed by atoms with van der Waals surface area (Å²) in [6.45, 7) is 0.683. The van der Waals surface area contributed by atoms with E-state index < -0.39 is 0 Å². The van der Waals surface area contributed by atoms with Gasteiger partial charge in [-0.2, -0.15) is 0 Å². The molecule has 20 heavy (non-hydrogen) atoms. The average molecular weight is 286 g/mol. The number of amides is 1. The summed E-state index contributed by atoms with van der Waals surface area (Å²) in [4.78, 5) is 14.3. The van der Waals surface area contributed by atoms with Crippen molar-refractivity contribution < 1.29 is 4.79 Å². The summed E-state index contributed by atoms with van der Waals surface area (Å²) in [6.07, 6.45) is 2.67. The first-order valence-corrected chi connectivity index (χ1v) is 7.87. The summed E-state index contributed by atoms with van der Waals surface area (Å²) in [6, 6.07) is 14.3. The van der Waals surface area contributed by atoms with E-state index >= 15 is 0 Å². The minimum absolute atomic E-state index is 0.122. The molecule has 3 nitrogen and oxygen atoms in total. The van der Waals surface area contributed by atoms with Crippen LogP contribution in [0.2, 0.25) is 0 Å². The third-order valence-electron chi connectivity index (χ3n) is 3.63. The summed E-state index contributed by atoms with van der Waals surface area (Å²) in [5, 5.41) is 0.122. The van der Waals surface area contributed by atoms with Crippen LogP contribution in [0.1, 0.15) is 23.1 Å². The van der Waals surface area contributed by atoms with Gasteiger partial charge in [-0.1, -0.05) is 30.3 Å². The lowest BCUT2D eigenvalue weighted by Crippen LogP contribution is -2.37. The standard InChI is InChI=1S/C16H18N2OS/c1-17-10-5-8-14(17)16-18(15(19)9-11-20-16)12-13-6-3-2-4-7-13/h2-8,10,16H,9,11-12H2,1H3. The van der Waals surface area contributed by atoms with Crippen molar-refractivity contribution in [2.75, 3.05) is 5.75 Å². The van der Waals surface area contributed by atoms with E-state index in [0.717, 1.165) is 5.75 Å². The maximum atomic E-state index is 12.3. The summed E-state index contributed by atoms with van der Waals surface area (Å²) in [7, 11) is 2.04. The summed E-state index contributed by atoms with van der Waals surface area (Å²) in [5.41, 5.74) is 2.38. The Balaban J connectivity index is 1.87. The SMILES string of the molecule is Cn1cccc1C1SCCC(=O)N1Cc1ccccc1. The molecule has 1 amide bonds. The molecule has 3 rings (SSSR count). The Morgan fingerprint density at radius 1 is 1.20 bits per heavy atom. The van der Waals surface area contributed by atoms with Gasteiger partial charge in [-0.25, -0.2) is 0 Å². The predicted molar refractivity (Wildman–Crippen MR) is 82.2 cm³/mol. The molecule has 2 aromatic rings. The molecule has 1 atom stereocenters. The number of carbonyl (C=O) groups excluding carboxylic acids is 1. The van der Waals surface area contributed by atoms with Crippen molar-refractivity contribution in [1.82, 2.24) is 9.47 Å². The lowest BCUT2D eigenvalue weighted by molar-refractivity contribution is -0.132. The van der Waals surface area contributed by atoms with Crippen molar-refractivity contribution >= 4 is 17.7 Å². The number of benzene rings is 1. The van der Waals surface area contributed by atoms with Gasteiger partial charge in [0.05, 0.1) is 5.69 Å². The summed E-state index contributed by atoms with van der Waals surface area (Å²) >= 11 is 1.85. The van der Waals surface area contributed by atoms with Gasteiger partial charge in [-0.3, -0.25) is 4.79 Å². The Labute approximate surface area is 123 Å². The molecule has 1 unspecified atom stereocenters. The highest BCUT2D eigenvalue weighted by atomic mass is 32.2. The third kappa shape index (κ3) is 2.61. The smallest absolute Gasteiger partial charge is 0.224 e. The van der Waals surface area contributed by atoms with Crippen LogP contribution in [0, 0.1) is 0 Å². The second kappa shape index (κ2) is 5.75. The van der Waals surface area contributed by atoms with Crippen LogP contribution in [0.25, 0.3) is 0 Å². The number of thioether (sulfide) groups is 1. The van der Waals surface area contributed by atoms with Gasteiger partial charge in [0.2, 0.25) is 5.91 Å². The molecule has 1 fully saturated rings. The molecular weight excluding hydrogens is 268 g/mol. The Bertz CT molecular complexity index is 594. The predicted octanol–water partition coefficient (Wildman–Crippen LogP) is 3.19. The van der Waals surface area contributed by atoms with Crippen molar-refractivity contribution in [1.29, 1.82) is 0 Å². The van der Waals surface area contributed by atoms with E-state index in [2.05, 4.69) is 22.8 Å². The molecule has 1 aliphatic heterocycles. The van der Waals surface area contributed by atoms with Gasteiger partial charge in [0, 0.05) is 32.0 Å². The van der Waals surface area contributed by atoms with Crippen LogP contribution in [-0.2, 0) is 18.4 Å². The minimum Gasteiger partial charge on any atom is -0.352 e. The van der Waals surface area contributed by atoms with Crippen LogP contribution in [0.3, 0.4) is 0 Å². The van der Waals surface area contributed by atoms with E-state index in [1.54, 1.807) is 0 Å². The third-order valence-corrected chi connectivity index (χ3v) is 4.88. The molecule has 0 radical (unpaired) electrons. The van der Waals surface area contributed by atoms with Gasteiger partial charge in [-0.15, -0.1) is 11.8 Å². The number of rotatable bonds is 3. The van der Waals surface area contributed by atoms with Gasteiger partial charge in [0.25, 0.3) is 0 Å². The van der Waals surface area contributed by atoms with Crippen LogP contribution in [0.4, 0.5) is 0 Å². The zero-order valence-electron chi connectivity index (χ0n) is 11.5. The maximum Gasteiger partial charge on any atom is 0.224 e. The molecule has 1 aliphatic rings. The normalized spacial score (nSPS) is 19.4. The monoisotopic (exact) mass is 286 g/mol. The molecule has 0 aliphatic carbocycles. The van der Waals surface area contributed by atoms with Crippen LogP contribution in [0.5, 0.6) is 0 Å². The van der Waals surface area contributed by atoms with Crippen molar-refractivity contribution in [3.05, 3.63) is 59.9 Å². The molecule has 0 saturated carbocycles. The van der Waals surface area contributed by atoms with E-state index in [4.69, 9.17) is 0 Å². The molecule has 0 spiro atoms. The van der Waals surface area contributed by atoms with Crippen molar-refractivity contribution in [2.45, 2.75) is 18.3 Å². The Morgan fingerprint density at radius 2 is 2.00 bits per heavy atom. The number of hydrogen-bond donors (Lipinski definition) is 0. The maximum absolute atomic E-state index is 12.3. The topological polar surface area (TPSA) is 25.2 Å². The number of aromatic nitrogens is 1. The van der Waals surface area contributed by atoms with Crippen LogP contribution >= 0.6 is 11.8 Å². The van der Waals surface area contributed by atoms with Gasteiger partial charge < -0.3 is 9.47 Å². The highest BCUT2D eigenvalue weighted by Gasteiger charge is 2.31. The zero-order chi connectivity index (χ0) is 13.9. The van der Waals surface area contributed by atoms with Crippen molar-refractivity contribution in [2.24, 2.45) is 7.05 Å². The molecule has 4 heteroatoms. The van der Waals surface area contributed by atoms with Crippen LogP contribution in [-0.4, -0.2) is 21.1 Å². The Morgan fingerprint density at radius 3 is 2.70 bits per heavy atom. The van der Waals surface area contributed by atoms with Crippen molar-refractivity contribution in [3.8, 4) is 0 Å². The Hall–Kier alpha value is -1.68. The molecule has 104 valence electrons. The fourth-order valence-electron chi connectivity index (χ4n) is 2.55. The first kappa shape index (κ1) is 13.3. The highest BCUT2D eigenvalue weighted by molar-refractivity contribution is 7.99. The van der Waals surface area contributed by atoms with Crippen LogP contribution < -0.4 is 0 Å². The summed E-state index contributed by atoms with van der Waals surface area (Å²) in [5.74, 6) is 1.15. The molecule has 0 bridgehead atoms. The largest absolute Gasteiger partial charge is 0.352 e. The second-order valence-corrected chi connectivity index (χ2v) is 6.21. The fraction of sp³-hybridized carbons (Fsp3) is 0.312. The van der Waals surface area contributed by atoms with Gasteiger partial charge >= 0.3 is 0 Å². The number of hydrogen-bond acceptors (Lipinski definition) is 2. The highest BCUT2D eigenvalue weighted by Crippen LogP contribution is 2.38. The number of nitrogens with zero attached hydrogens (tertiary/aromatic N) is 2. The molecule has 1 aromatic heterocycles. The Kier molecular flexibility index (Phi) is 3.83. The minimum atomic E-state index is 0.122. The van der Waals surface area contributed by atoms with E-state index in [1.165, 1.54) is 11.3 Å². The van der Waals surface area contributed by atoms with E-state index in [0.29, 0.717) is 13.0 Å². The van der Waals surface area contributed by atoms with Crippen molar-refractivity contribution in [3.63, 3.8) is 0 Å². The van der Waals surface area contributed by atoms with Gasteiger partial charge in [-0.05, 0) is 17.7 Å². The second-order valence-electron chi connectivity index (χ2n) is 5.02. The van der Waals surface area contributed by atoms with E-state index in [9.17, 15) is 4.79 Å². The summed E-state index contributed by atoms with van der Waals surface area (Å²) < 4.78 is 2.11. The first-order chi connectivity index (χ1) is 9.75. The lowest BCUT2D eigenvalue weighted by Gasteiger charge is -2.35. The molecule has 0 N–H and O–H groups in total. The number of aryl methyl sites for hydroxylation is 1. The van der Waals surface area contributed by atoms with Gasteiger partial charge in [0.15, 0.2) is 0 Å². The quantitative estimate of drug-likeness (QED) is 0.866. The zero-order valence-corrected chi connectivity index (χ0v) is 12.3. The molecule has 1 aromatic carbocycles. The first-order valence-electron chi connectivity index (χ1n) is 6.82. The molecule has 1 saturated heterocycles. The van der Waals surface area contributed by atoms with E-state index in [-0.39, 0.29) is 11.3 Å². The fourth-order valence-corrected chi connectivity index (χ4v) is 3.85. The molecular formula is C16H18N2OS. The number of carbonyl (C=O) groups is 1. The van der Waals surface area contributed by atoms with Crippen LogP contribution in [0.15, 0.2) is 48.7 Å². The lowest BCUT2D eigenvalue weighted by atomic mass is 10.2. The average Bonchev–Trinajstić information content (AvgIpc) is 2.88.